The summed E-state index contributed by atoms with van der Waals surface area (Å²) in [5.41, 5.74) is 0.640. The van der Waals surface area contributed by atoms with Crippen LogP contribution in [0.1, 0.15) is 39.7 Å². The van der Waals surface area contributed by atoms with E-state index in [1.165, 1.54) is 12.5 Å². The lowest BCUT2D eigenvalue weighted by atomic mass is 10.2. The number of nitrogens with one attached hydrogen (secondary N) is 1. The molecule has 1 N–H and O–H groups in total. The van der Waals surface area contributed by atoms with Crippen molar-refractivity contribution in [1.29, 1.82) is 0 Å². The van der Waals surface area contributed by atoms with Gasteiger partial charge in [0.25, 0.3) is 5.91 Å². The van der Waals surface area contributed by atoms with Gasteiger partial charge in [-0.1, -0.05) is 0 Å². The monoisotopic (exact) mass is 313 g/mol. The van der Waals surface area contributed by atoms with E-state index in [1.54, 1.807) is 32.1 Å². The van der Waals surface area contributed by atoms with Crippen LogP contribution < -0.4 is 5.32 Å². The molecule has 0 fully saturated rings. The van der Waals surface area contributed by atoms with E-state index < -0.39 is 17.9 Å². The van der Waals surface area contributed by atoms with Crippen LogP contribution in [0.4, 0.5) is 4.79 Å². The highest BCUT2D eigenvalue weighted by atomic mass is 32.1. The van der Waals surface area contributed by atoms with E-state index >= 15 is 0 Å². The summed E-state index contributed by atoms with van der Waals surface area (Å²) in [6, 6.07) is 2.07. The zero-order valence-electron chi connectivity index (χ0n) is 13.0. The van der Waals surface area contributed by atoms with Crippen molar-refractivity contribution in [2.75, 3.05) is 6.54 Å². The van der Waals surface area contributed by atoms with Gasteiger partial charge in [0.2, 0.25) is 0 Å². The second-order valence-corrected chi connectivity index (χ2v) is 6.53. The summed E-state index contributed by atoms with van der Waals surface area (Å²) in [4.78, 5) is 23.2. The summed E-state index contributed by atoms with van der Waals surface area (Å²) < 4.78 is 9.91. The molecule has 5 nitrogen and oxygen atoms in total. The highest BCUT2D eigenvalue weighted by molar-refractivity contribution is 7.07. The summed E-state index contributed by atoms with van der Waals surface area (Å²) in [5.74, 6) is -0.314. The Balaban J connectivity index is 2.20. The van der Waals surface area contributed by atoms with Gasteiger partial charge in [0.05, 0.1) is 0 Å². The number of hydrogen-bond acceptors (Lipinski definition) is 5. The zero-order chi connectivity index (χ0) is 15.9. The molecule has 0 unspecified atom stereocenters. The number of aryl methyl sites for hydroxylation is 1. The first-order chi connectivity index (χ1) is 9.78. The standard InChI is InChI=1S/C15H23NO4S/c1-11(19-14(18)20-15(2,3)4)13(17)16-8-5-6-12-7-9-21-10-12/h7,9-11H,5-6,8H2,1-4H3,(H,16,17)/t11-/m1/s1. The van der Waals surface area contributed by atoms with E-state index in [1.807, 2.05) is 5.38 Å². The minimum Gasteiger partial charge on any atom is -0.429 e. The van der Waals surface area contributed by atoms with Crippen LogP contribution >= 0.6 is 11.3 Å². The fourth-order valence-electron chi connectivity index (χ4n) is 1.55. The predicted molar refractivity (Wildman–Crippen MR) is 82.4 cm³/mol. The molecule has 0 radical (unpaired) electrons. The molecule has 0 saturated carbocycles. The van der Waals surface area contributed by atoms with Crippen molar-refractivity contribution in [3.05, 3.63) is 22.4 Å². The molecule has 0 aliphatic heterocycles. The maximum atomic E-state index is 11.8. The molecule has 1 heterocycles. The molecule has 0 aromatic carbocycles. The Bertz CT molecular complexity index is 451. The van der Waals surface area contributed by atoms with Gasteiger partial charge in [0.15, 0.2) is 6.10 Å². The van der Waals surface area contributed by atoms with Gasteiger partial charge in [-0.3, -0.25) is 4.79 Å². The van der Waals surface area contributed by atoms with Crippen LogP contribution in [0.25, 0.3) is 0 Å². The largest absolute Gasteiger partial charge is 0.509 e. The predicted octanol–water partition coefficient (Wildman–Crippen LogP) is 3.14. The smallest absolute Gasteiger partial charge is 0.429 e. The molecule has 0 bridgehead atoms. The average molecular weight is 313 g/mol. The molecule has 0 spiro atoms. The van der Waals surface area contributed by atoms with Crippen LogP contribution in [0.3, 0.4) is 0 Å². The molecule has 118 valence electrons. The molecular formula is C15H23NO4S. The van der Waals surface area contributed by atoms with Gasteiger partial charge < -0.3 is 14.8 Å². The van der Waals surface area contributed by atoms with Crippen molar-refractivity contribution in [3.8, 4) is 0 Å². The normalized spacial score (nSPS) is 12.6. The minimum atomic E-state index is -0.860. The quantitative estimate of drug-likeness (QED) is 0.647. The van der Waals surface area contributed by atoms with Crippen LogP contribution in [0.2, 0.25) is 0 Å². The summed E-state index contributed by atoms with van der Waals surface area (Å²) in [6.45, 7) is 7.30. The van der Waals surface area contributed by atoms with Crippen molar-refractivity contribution in [1.82, 2.24) is 5.32 Å². The van der Waals surface area contributed by atoms with Gasteiger partial charge in [-0.2, -0.15) is 11.3 Å². The third-order valence-electron chi connectivity index (χ3n) is 2.55. The summed E-state index contributed by atoms with van der Waals surface area (Å²) >= 11 is 1.66. The third-order valence-corrected chi connectivity index (χ3v) is 3.29. The maximum Gasteiger partial charge on any atom is 0.509 e. The number of rotatable bonds is 6. The summed E-state index contributed by atoms with van der Waals surface area (Å²) in [5, 5.41) is 6.87. The average Bonchev–Trinajstić information content (AvgIpc) is 2.84. The summed E-state index contributed by atoms with van der Waals surface area (Å²) in [7, 11) is 0. The van der Waals surface area contributed by atoms with Gasteiger partial charge in [0.1, 0.15) is 5.60 Å². The molecule has 21 heavy (non-hydrogen) atoms. The molecule has 1 rings (SSSR count). The first kappa shape index (κ1) is 17.5. The van der Waals surface area contributed by atoms with Gasteiger partial charge in [-0.25, -0.2) is 4.79 Å². The Morgan fingerprint density at radius 2 is 2.10 bits per heavy atom. The Labute approximate surface area is 129 Å². The zero-order valence-corrected chi connectivity index (χ0v) is 13.8. The van der Waals surface area contributed by atoms with E-state index in [2.05, 4.69) is 16.8 Å². The van der Waals surface area contributed by atoms with Crippen molar-refractivity contribution in [2.45, 2.75) is 52.2 Å². The lowest BCUT2D eigenvalue weighted by molar-refractivity contribution is -0.131. The minimum absolute atomic E-state index is 0.314. The Hall–Kier alpha value is -1.56. The fraction of sp³-hybridized carbons (Fsp3) is 0.600. The van der Waals surface area contributed by atoms with Crippen molar-refractivity contribution in [3.63, 3.8) is 0 Å². The molecule has 1 amide bonds. The topological polar surface area (TPSA) is 64.6 Å². The molecule has 1 aromatic heterocycles. The van der Waals surface area contributed by atoms with Crippen LogP contribution in [0.15, 0.2) is 16.8 Å². The van der Waals surface area contributed by atoms with E-state index in [4.69, 9.17) is 9.47 Å². The number of amides is 1. The van der Waals surface area contributed by atoms with E-state index in [0.29, 0.717) is 6.54 Å². The van der Waals surface area contributed by atoms with Crippen molar-refractivity contribution >= 4 is 23.4 Å². The van der Waals surface area contributed by atoms with Gasteiger partial charge in [-0.05, 0) is 62.9 Å². The van der Waals surface area contributed by atoms with E-state index in [-0.39, 0.29) is 5.91 Å². The second-order valence-electron chi connectivity index (χ2n) is 5.75. The Kier molecular flexibility index (Phi) is 6.68. The first-order valence-corrected chi connectivity index (χ1v) is 7.90. The Morgan fingerprint density at radius 3 is 2.67 bits per heavy atom. The highest BCUT2D eigenvalue weighted by Gasteiger charge is 2.22. The van der Waals surface area contributed by atoms with Crippen LogP contribution in [-0.2, 0) is 20.7 Å². The lowest BCUT2D eigenvalue weighted by Gasteiger charge is -2.20. The fourth-order valence-corrected chi connectivity index (χ4v) is 2.26. The number of carbonyl (C=O) groups excluding carboxylic acids is 2. The van der Waals surface area contributed by atoms with Gasteiger partial charge in [0, 0.05) is 6.54 Å². The molecule has 0 saturated heterocycles. The van der Waals surface area contributed by atoms with Crippen molar-refractivity contribution in [2.24, 2.45) is 0 Å². The second kappa shape index (κ2) is 8.02. The van der Waals surface area contributed by atoms with E-state index in [9.17, 15) is 9.59 Å². The molecular weight excluding hydrogens is 290 g/mol. The maximum absolute atomic E-state index is 11.8. The van der Waals surface area contributed by atoms with Gasteiger partial charge >= 0.3 is 6.16 Å². The molecule has 1 aromatic rings. The highest BCUT2D eigenvalue weighted by Crippen LogP contribution is 2.10. The number of hydrogen-bond donors (Lipinski definition) is 1. The molecule has 6 heteroatoms. The first-order valence-electron chi connectivity index (χ1n) is 6.96. The van der Waals surface area contributed by atoms with Crippen LogP contribution in [0.5, 0.6) is 0 Å². The SMILES string of the molecule is C[C@@H](OC(=O)OC(C)(C)C)C(=O)NCCCc1ccsc1. The molecule has 0 aliphatic carbocycles. The third kappa shape index (κ3) is 7.70. The molecule has 1 atom stereocenters. The van der Waals surface area contributed by atoms with Crippen LogP contribution in [0, 0.1) is 0 Å². The van der Waals surface area contributed by atoms with E-state index in [0.717, 1.165) is 12.8 Å². The lowest BCUT2D eigenvalue weighted by Crippen LogP contribution is -2.37. The number of ether oxygens (including phenoxy) is 2. The van der Waals surface area contributed by atoms with Gasteiger partial charge in [-0.15, -0.1) is 0 Å². The molecule has 0 aliphatic rings. The number of carbonyl (C=O) groups is 2. The number of thiophene rings is 1. The van der Waals surface area contributed by atoms with Crippen LogP contribution in [-0.4, -0.2) is 30.3 Å². The van der Waals surface area contributed by atoms with Crippen molar-refractivity contribution < 1.29 is 19.1 Å². The Morgan fingerprint density at radius 1 is 1.38 bits per heavy atom. The summed E-state index contributed by atoms with van der Waals surface area (Å²) in [6.07, 6.45) is 0.0802.